The summed E-state index contributed by atoms with van der Waals surface area (Å²) in [6, 6.07) is 7.50. The van der Waals surface area contributed by atoms with E-state index in [2.05, 4.69) is 10.0 Å². The molecule has 156 valence electrons. The molecule has 0 radical (unpaired) electrons. The number of benzene rings is 1. The normalized spacial score (nSPS) is 15.3. The lowest BCUT2D eigenvalue weighted by atomic mass is 10.1. The van der Waals surface area contributed by atoms with E-state index in [1.165, 1.54) is 18.2 Å². The number of sulfonamides is 1. The second-order valence-corrected chi connectivity index (χ2v) is 10.2. The first-order valence-electron chi connectivity index (χ1n) is 8.83. The van der Waals surface area contributed by atoms with Gasteiger partial charge in [0.05, 0.1) is 16.6 Å². The zero-order valence-corrected chi connectivity index (χ0v) is 18.4. The van der Waals surface area contributed by atoms with Gasteiger partial charge in [0.2, 0.25) is 15.9 Å². The third-order valence-corrected chi connectivity index (χ3v) is 8.17. The van der Waals surface area contributed by atoms with Gasteiger partial charge in [0.1, 0.15) is 4.21 Å². The van der Waals surface area contributed by atoms with Crippen LogP contribution in [0.2, 0.25) is 10.0 Å². The topological polar surface area (TPSA) is 95.6 Å². The first-order chi connectivity index (χ1) is 13.8. The van der Waals surface area contributed by atoms with Gasteiger partial charge in [-0.3, -0.25) is 9.59 Å². The second kappa shape index (κ2) is 9.44. The van der Waals surface area contributed by atoms with Crippen molar-refractivity contribution in [1.82, 2.24) is 14.9 Å². The van der Waals surface area contributed by atoms with Crippen molar-refractivity contribution in [3.63, 3.8) is 0 Å². The summed E-state index contributed by atoms with van der Waals surface area (Å²) in [4.78, 5) is 26.1. The zero-order chi connectivity index (χ0) is 21.0. The molecule has 1 saturated heterocycles. The third-order valence-electron chi connectivity index (χ3n) is 4.51. The number of nitrogens with zero attached hydrogens (tertiary/aromatic N) is 1. The van der Waals surface area contributed by atoms with E-state index in [1.54, 1.807) is 22.4 Å². The molecule has 7 nitrogen and oxygen atoms in total. The Morgan fingerprint density at radius 2 is 1.86 bits per heavy atom. The van der Waals surface area contributed by atoms with Crippen LogP contribution < -0.4 is 10.0 Å². The van der Waals surface area contributed by atoms with Crippen LogP contribution in [0, 0.1) is 0 Å². The van der Waals surface area contributed by atoms with E-state index in [0.29, 0.717) is 36.5 Å². The number of hydrogen-bond acceptors (Lipinski definition) is 5. The average molecular weight is 476 g/mol. The fraction of sp³-hybridized carbons (Fsp3) is 0.333. The summed E-state index contributed by atoms with van der Waals surface area (Å²) in [7, 11) is -3.53. The van der Waals surface area contributed by atoms with Gasteiger partial charge in [-0.05, 0) is 42.5 Å². The van der Waals surface area contributed by atoms with Crippen molar-refractivity contribution < 1.29 is 18.0 Å². The number of carbonyl (C=O) groups excluding carboxylic acids is 2. The van der Waals surface area contributed by atoms with E-state index in [4.69, 9.17) is 23.2 Å². The van der Waals surface area contributed by atoms with Crippen LogP contribution in [-0.2, 0) is 14.8 Å². The fourth-order valence-electron chi connectivity index (χ4n) is 2.95. The van der Waals surface area contributed by atoms with Gasteiger partial charge in [-0.15, -0.1) is 11.3 Å². The zero-order valence-electron chi connectivity index (χ0n) is 15.2. The summed E-state index contributed by atoms with van der Waals surface area (Å²) in [6.45, 7) is 0.683. The summed E-state index contributed by atoms with van der Waals surface area (Å²) in [5, 5.41) is 4.89. The molecule has 0 atom stereocenters. The lowest BCUT2D eigenvalue weighted by Crippen LogP contribution is -2.48. The van der Waals surface area contributed by atoms with Crippen molar-refractivity contribution >= 4 is 56.4 Å². The number of hydrogen-bond donors (Lipinski definition) is 2. The molecule has 0 unspecified atom stereocenters. The van der Waals surface area contributed by atoms with E-state index in [0.717, 1.165) is 11.3 Å². The molecular weight excluding hydrogens is 457 g/mol. The average Bonchev–Trinajstić information content (AvgIpc) is 3.24. The van der Waals surface area contributed by atoms with Crippen LogP contribution in [0.15, 0.2) is 39.9 Å². The van der Waals surface area contributed by atoms with Gasteiger partial charge >= 0.3 is 0 Å². The minimum absolute atomic E-state index is 0.148. The number of piperidine rings is 1. The monoisotopic (exact) mass is 475 g/mol. The Labute approximate surface area is 183 Å². The van der Waals surface area contributed by atoms with Crippen molar-refractivity contribution in [3.8, 4) is 0 Å². The predicted octanol–water partition coefficient (Wildman–Crippen LogP) is 2.75. The molecule has 0 aliphatic carbocycles. The van der Waals surface area contributed by atoms with E-state index < -0.39 is 15.9 Å². The Kier molecular flexibility index (Phi) is 7.18. The maximum absolute atomic E-state index is 12.4. The van der Waals surface area contributed by atoms with Crippen LogP contribution in [0.3, 0.4) is 0 Å². The number of nitrogens with one attached hydrogen (secondary N) is 2. The first kappa shape index (κ1) is 22.0. The lowest BCUT2D eigenvalue weighted by molar-refractivity contribution is -0.131. The molecule has 0 bridgehead atoms. The van der Waals surface area contributed by atoms with Crippen LogP contribution in [-0.4, -0.2) is 50.8 Å². The summed E-state index contributed by atoms with van der Waals surface area (Å²) in [5.41, 5.74) is 0.314. The summed E-state index contributed by atoms with van der Waals surface area (Å²) in [6.07, 6.45) is 1.02. The molecule has 2 aromatic rings. The van der Waals surface area contributed by atoms with Crippen LogP contribution >= 0.6 is 34.5 Å². The number of likely N-dealkylation sites (tertiary alicyclic amines) is 1. The number of carbonyl (C=O) groups is 2. The molecule has 0 spiro atoms. The third kappa shape index (κ3) is 5.70. The van der Waals surface area contributed by atoms with Crippen molar-refractivity contribution in [1.29, 1.82) is 0 Å². The molecule has 2 N–H and O–H groups in total. The van der Waals surface area contributed by atoms with Gasteiger partial charge in [0.25, 0.3) is 5.91 Å². The summed E-state index contributed by atoms with van der Waals surface area (Å²) < 4.78 is 27.5. The Morgan fingerprint density at radius 3 is 2.48 bits per heavy atom. The van der Waals surface area contributed by atoms with Gasteiger partial charge in [-0.1, -0.05) is 29.3 Å². The highest BCUT2D eigenvalue weighted by molar-refractivity contribution is 7.91. The Bertz CT molecular complexity index is 989. The molecule has 0 saturated carbocycles. The molecule has 29 heavy (non-hydrogen) atoms. The van der Waals surface area contributed by atoms with E-state index >= 15 is 0 Å². The highest BCUT2D eigenvalue weighted by Gasteiger charge is 2.27. The quantitative estimate of drug-likeness (QED) is 0.671. The Hall–Kier alpha value is -1.65. The SMILES string of the molecule is O=C(NCC(=O)N1CCC(NS(=O)(=O)c2cccs2)CC1)c1ccc(Cl)c(Cl)c1. The van der Waals surface area contributed by atoms with Crippen molar-refractivity contribution in [2.24, 2.45) is 0 Å². The molecule has 1 aliphatic heterocycles. The smallest absolute Gasteiger partial charge is 0.251 e. The van der Waals surface area contributed by atoms with Gasteiger partial charge < -0.3 is 10.2 Å². The summed E-state index contributed by atoms with van der Waals surface area (Å²) >= 11 is 12.9. The maximum Gasteiger partial charge on any atom is 0.251 e. The van der Waals surface area contributed by atoms with Crippen LogP contribution in [0.4, 0.5) is 0 Å². The fourth-order valence-corrected chi connectivity index (χ4v) is 5.56. The summed E-state index contributed by atoms with van der Waals surface area (Å²) in [5.74, 6) is -0.645. The standard InChI is InChI=1S/C18H19Cl2N3O4S2/c19-14-4-3-12(10-15(14)20)18(25)21-11-16(24)23-7-5-13(6-8-23)22-29(26,27)17-2-1-9-28-17/h1-4,9-10,13,22H,5-8,11H2,(H,21,25). The number of thiophene rings is 1. The highest BCUT2D eigenvalue weighted by Crippen LogP contribution is 2.22. The molecule has 3 rings (SSSR count). The highest BCUT2D eigenvalue weighted by atomic mass is 35.5. The van der Waals surface area contributed by atoms with E-state index in [-0.39, 0.29) is 27.7 Å². The molecule has 1 aliphatic rings. The van der Waals surface area contributed by atoms with Gasteiger partial charge in [-0.2, -0.15) is 0 Å². The Balaban J connectivity index is 1.46. The predicted molar refractivity (Wildman–Crippen MR) is 113 cm³/mol. The molecule has 2 amide bonds. The van der Waals surface area contributed by atoms with Crippen molar-refractivity contribution in [2.45, 2.75) is 23.1 Å². The first-order valence-corrected chi connectivity index (χ1v) is 11.9. The number of rotatable bonds is 6. The second-order valence-electron chi connectivity index (χ2n) is 6.52. The Morgan fingerprint density at radius 1 is 1.14 bits per heavy atom. The molecule has 1 aromatic heterocycles. The van der Waals surface area contributed by atoms with E-state index in [9.17, 15) is 18.0 Å². The van der Waals surface area contributed by atoms with Gasteiger partial charge in [0.15, 0.2) is 0 Å². The molecule has 11 heteroatoms. The van der Waals surface area contributed by atoms with Crippen LogP contribution in [0.1, 0.15) is 23.2 Å². The minimum Gasteiger partial charge on any atom is -0.343 e. The van der Waals surface area contributed by atoms with Gasteiger partial charge in [-0.25, -0.2) is 13.1 Å². The van der Waals surface area contributed by atoms with Gasteiger partial charge in [0, 0.05) is 24.7 Å². The van der Waals surface area contributed by atoms with Crippen LogP contribution in [0.25, 0.3) is 0 Å². The number of halogens is 2. The number of amides is 2. The maximum atomic E-state index is 12.4. The lowest BCUT2D eigenvalue weighted by Gasteiger charge is -2.32. The molecule has 2 heterocycles. The molecule has 1 aromatic carbocycles. The molecule has 1 fully saturated rings. The molecular formula is C18H19Cl2N3O4S2. The van der Waals surface area contributed by atoms with Crippen LogP contribution in [0.5, 0.6) is 0 Å². The van der Waals surface area contributed by atoms with E-state index in [1.807, 2.05) is 0 Å². The largest absolute Gasteiger partial charge is 0.343 e. The van der Waals surface area contributed by atoms with Crippen molar-refractivity contribution in [3.05, 3.63) is 51.3 Å². The van der Waals surface area contributed by atoms with Crippen molar-refractivity contribution in [2.75, 3.05) is 19.6 Å². The minimum atomic E-state index is -3.53.